The van der Waals surface area contributed by atoms with Gasteiger partial charge in [0.15, 0.2) is 0 Å². The Hall–Kier alpha value is -3.86. The number of hydrogen-bond acceptors (Lipinski definition) is 4. The van der Waals surface area contributed by atoms with E-state index in [1.807, 2.05) is 30.3 Å². The number of alkyl halides is 3. The quantitative estimate of drug-likeness (QED) is 0.279. The molecule has 1 aliphatic carbocycles. The third-order valence-electron chi connectivity index (χ3n) is 7.64. The van der Waals surface area contributed by atoms with Gasteiger partial charge >= 0.3 is 6.18 Å². The zero-order chi connectivity index (χ0) is 31.0. The zero-order valence-corrected chi connectivity index (χ0v) is 24.8. The number of amides is 2. The number of rotatable bonds is 12. The Balaban J connectivity index is 1.71. The molecule has 1 atom stereocenters. The molecule has 0 bridgehead atoms. The van der Waals surface area contributed by atoms with Gasteiger partial charge in [0.2, 0.25) is 11.8 Å². The van der Waals surface area contributed by atoms with Crippen LogP contribution in [0.1, 0.15) is 50.2 Å². The molecule has 0 saturated heterocycles. The molecule has 43 heavy (non-hydrogen) atoms. The van der Waals surface area contributed by atoms with Crippen molar-refractivity contribution in [3.63, 3.8) is 0 Å². The third kappa shape index (κ3) is 8.16. The number of sulfonamides is 1. The van der Waals surface area contributed by atoms with Gasteiger partial charge in [-0.15, -0.1) is 0 Å². The number of carbonyl (C=O) groups is 2. The highest BCUT2D eigenvalue weighted by Crippen LogP contribution is 2.33. The molecule has 11 heteroatoms. The number of nitrogens with one attached hydrogen (secondary N) is 1. The average Bonchev–Trinajstić information content (AvgIpc) is 3.51. The smallest absolute Gasteiger partial charge is 0.352 e. The van der Waals surface area contributed by atoms with Crippen LogP contribution in [0.4, 0.5) is 18.9 Å². The Bertz CT molecular complexity index is 1480. The fraction of sp³-hybridized carbons (Fsp3) is 0.375. The van der Waals surface area contributed by atoms with Crippen LogP contribution in [0.15, 0.2) is 89.8 Å². The molecule has 3 aromatic carbocycles. The van der Waals surface area contributed by atoms with Crippen molar-refractivity contribution in [3.8, 4) is 0 Å². The summed E-state index contributed by atoms with van der Waals surface area (Å²) in [5, 5.41) is 3.04. The molecule has 230 valence electrons. The van der Waals surface area contributed by atoms with Gasteiger partial charge in [-0.05, 0) is 61.6 Å². The monoisotopic (exact) mass is 615 g/mol. The number of carbonyl (C=O) groups excluding carboxylic acids is 2. The Morgan fingerprint density at radius 1 is 0.930 bits per heavy atom. The van der Waals surface area contributed by atoms with Crippen molar-refractivity contribution >= 4 is 27.5 Å². The lowest BCUT2D eigenvalue weighted by Crippen LogP contribution is -2.54. The van der Waals surface area contributed by atoms with E-state index in [4.69, 9.17) is 0 Å². The molecule has 3 aromatic rings. The van der Waals surface area contributed by atoms with Crippen LogP contribution in [0.25, 0.3) is 0 Å². The maximum absolute atomic E-state index is 14.1. The summed E-state index contributed by atoms with van der Waals surface area (Å²) in [6.45, 7) is 1.09. The number of anilines is 1. The molecule has 1 aliphatic rings. The van der Waals surface area contributed by atoms with Crippen molar-refractivity contribution in [1.82, 2.24) is 10.2 Å². The van der Waals surface area contributed by atoms with Crippen LogP contribution in [0.5, 0.6) is 0 Å². The topological polar surface area (TPSA) is 86.8 Å². The van der Waals surface area contributed by atoms with E-state index in [1.54, 1.807) is 13.0 Å². The largest absolute Gasteiger partial charge is 0.416 e. The lowest BCUT2D eigenvalue weighted by molar-refractivity contribution is -0.139. The Morgan fingerprint density at radius 2 is 1.56 bits per heavy atom. The molecular weight excluding hydrogens is 579 g/mol. The second kappa shape index (κ2) is 14.1. The summed E-state index contributed by atoms with van der Waals surface area (Å²) in [6, 6.07) is 19.6. The van der Waals surface area contributed by atoms with E-state index in [0.717, 1.165) is 43.4 Å². The highest BCUT2D eigenvalue weighted by atomic mass is 32.2. The summed E-state index contributed by atoms with van der Waals surface area (Å²) < 4.78 is 69.2. The van der Waals surface area contributed by atoms with Crippen molar-refractivity contribution in [2.24, 2.45) is 0 Å². The fourth-order valence-corrected chi connectivity index (χ4v) is 6.78. The van der Waals surface area contributed by atoms with Crippen LogP contribution in [0.2, 0.25) is 0 Å². The highest BCUT2D eigenvalue weighted by Gasteiger charge is 2.36. The predicted molar refractivity (Wildman–Crippen MR) is 159 cm³/mol. The third-order valence-corrected chi connectivity index (χ3v) is 9.43. The van der Waals surface area contributed by atoms with Gasteiger partial charge in [-0.25, -0.2) is 8.42 Å². The van der Waals surface area contributed by atoms with Crippen molar-refractivity contribution in [2.75, 3.05) is 17.4 Å². The van der Waals surface area contributed by atoms with Gasteiger partial charge in [-0.2, -0.15) is 13.2 Å². The standard InChI is InChI=1S/C32H36F3N3O4S/c1-2-29(31(40)36-26-15-9-10-16-26)37(21-20-24-12-5-3-6-13-24)30(39)23-38(43(41,42)28-18-7-4-8-19-28)27-17-11-14-25(22-27)32(33,34)35/h3-8,11-14,17-19,22,26,29H,2,9-10,15-16,20-21,23H2,1H3,(H,36,40)/t29-/m0/s1. The van der Waals surface area contributed by atoms with E-state index < -0.39 is 40.3 Å². The van der Waals surface area contributed by atoms with Crippen LogP contribution in [-0.4, -0.2) is 50.3 Å². The van der Waals surface area contributed by atoms with Crippen molar-refractivity contribution in [3.05, 3.63) is 96.1 Å². The van der Waals surface area contributed by atoms with Crippen LogP contribution >= 0.6 is 0 Å². The van der Waals surface area contributed by atoms with Gasteiger partial charge in [0.1, 0.15) is 12.6 Å². The first-order valence-electron chi connectivity index (χ1n) is 14.4. The molecule has 0 aliphatic heterocycles. The van der Waals surface area contributed by atoms with Crippen molar-refractivity contribution < 1.29 is 31.2 Å². The van der Waals surface area contributed by atoms with Crippen LogP contribution in [0, 0.1) is 0 Å². The summed E-state index contributed by atoms with van der Waals surface area (Å²) in [5.41, 5.74) is -0.439. The summed E-state index contributed by atoms with van der Waals surface area (Å²) >= 11 is 0. The molecule has 0 aromatic heterocycles. The Morgan fingerprint density at radius 3 is 2.16 bits per heavy atom. The highest BCUT2D eigenvalue weighted by molar-refractivity contribution is 7.92. The molecule has 1 N–H and O–H groups in total. The predicted octanol–water partition coefficient (Wildman–Crippen LogP) is 5.81. The second-order valence-electron chi connectivity index (χ2n) is 10.6. The van der Waals surface area contributed by atoms with Gasteiger partial charge in [-0.3, -0.25) is 13.9 Å². The average molecular weight is 616 g/mol. The first-order valence-corrected chi connectivity index (χ1v) is 15.8. The van der Waals surface area contributed by atoms with Gasteiger partial charge in [-0.1, -0.05) is 74.4 Å². The summed E-state index contributed by atoms with van der Waals surface area (Å²) in [7, 11) is -4.47. The summed E-state index contributed by atoms with van der Waals surface area (Å²) in [4.78, 5) is 28.7. The van der Waals surface area contributed by atoms with Crippen molar-refractivity contribution in [2.45, 2.75) is 68.6 Å². The molecule has 2 amide bonds. The number of hydrogen-bond donors (Lipinski definition) is 1. The van der Waals surface area contributed by atoms with E-state index in [0.29, 0.717) is 16.8 Å². The number of halogens is 3. The van der Waals surface area contributed by atoms with Gasteiger partial charge < -0.3 is 10.2 Å². The molecule has 0 radical (unpaired) electrons. The van der Waals surface area contributed by atoms with Crippen LogP contribution in [0.3, 0.4) is 0 Å². The van der Waals surface area contributed by atoms with Crippen LogP contribution < -0.4 is 9.62 Å². The maximum Gasteiger partial charge on any atom is 0.416 e. The minimum absolute atomic E-state index is 0.00712. The first kappa shape index (κ1) is 32.1. The Labute approximate surface area is 250 Å². The summed E-state index contributed by atoms with van der Waals surface area (Å²) in [5.74, 6) is -1.02. The van der Waals surface area contributed by atoms with Crippen LogP contribution in [-0.2, 0) is 32.2 Å². The van der Waals surface area contributed by atoms with E-state index in [2.05, 4.69) is 5.32 Å². The lowest BCUT2D eigenvalue weighted by atomic mass is 10.1. The molecule has 4 rings (SSSR count). The van der Waals surface area contributed by atoms with Crippen molar-refractivity contribution in [1.29, 1.82) is 0 Å². The minimum atomic E-state index is -4.73. The minimum Gasteiger partial charge on any atom is -0.352 e. The molecular formula is C32H36F3N3O4S. The van der Waals surface area contributed by atoms with Gasteiger partial charge in [0.05, 0.1) is 16.1 Å². The zero-order valence-electron chi connectivity index (χ0n) is 24.0. The number of benzene rings is 3. The van der Waals surface area contributed by atoms with E-state index >= 15 is 0 Å². The second-order valence-corrected chi connectivity index (χ2v) is 12.5. The normalized spacial score (nSPS) is 14.7. The maximum atomic E-state index is 14.1. The molecule has 1 fully saturated rings. The summed E-state index contributed by atoms with van der Waals surface area (Å²) in [6.07, 6.45) is -0.362. The molecule has 0 spiro atoms. The van der Waals surface area contributed by atoms with Gasteiger partial charge in [0.25, 0.3) is 10.0 Å². The molecule has 7 nitrogen and oxygen atoms in total. The first-order chi connectivity index (χ1) is 20.5. The fourth-order valence-electron chi connectivity index (χ4n) is 5.35. The molecule has 0 unspecified atom stereocenters. The molecule has 1 saturated carbocycles. The SMILES string of the molecule is CC[C@@H](C(=O)NC1CCCC1)N(CCc1ccccc1)C(=O)CN(c1cccc(C(F)(F)F)c1)S(=O)(=O)c1ccccc1. The van der Waals surface area contributed by atoms with E-state index in [-0.39, 0.29) is 35.5 Å². The van der Waals surface area contributed by atoms with E-state index in [9.17, 15) is 31.2 Å². The van der Waals surface area contributed by atoms with Gasteiger partial charge in [0, 0.05) is 12.6 Å². The van der Waals surface area contributed by atoms with E-state index in [1.165, 1.54) is 35.2 Å². The Kier molecular flexibility index (Phi) is 10.5. The lowest BCUT2D eigenvalue weighted by Gasteiger charge is -2.34. The number of nitrogens with zero attached hydrogens (tertiary/aromatic N) is 2. The molecule has 0 heterocycles.